The van der Waals surface area contributed by atoms with E-state index in [0.717, 1.165) is 48.1 Å². The zero-order valence-corrected chi connectivity index (χ0v) is 17.8. The van der Waals surface area contributed by atoms with Crippen molar-refractivity contribution in [3.8, 4) is 28.6 Å². The SMILES string of the molecule is COc1ccc(-c2noc(-c3ccc(SCC(=O)N4CCN(C)CC4)nc3)n2)cc1. The van der Waals surface area contributed by atoms with Crippen LogP contribution in [0.3, 0.4) is 0 Å². The molecule has 0 spiro atoms. The molecule has 1 amide bonds. The number of amides is 1. The van der Waals surface area contributed by atoms with Crippen LogP contribution in [0.2, 0.25) is 0 Å². The molecule has 0 saturated carbocycles. The maximum atomic E-state index is 12.4. The minimum atomic E-state index is 0.153. The average molecular weight is 426 g/mol. The van der Waals surface area contributed by atoms with Gasteiger partial charge >= 0.3 is 0 Å². The van der Waals surface area contributed by atoms with Gasteiger partial charge in [-0.3, -0.25) is 4.79 Å². The molecule has 0 N–H and O–H groups in total. The molecular weight excluding hydrogens is 402 g/mol. The summed E-state index contributed by atoms with van der Waals surface area (Å²) in [5.41, 5.74) is 1.57. The third-order valence-corrected chi connectivity index (χ3v) is 5.89. The second-order valence-corrected chi connectivity index (χ2v) is 8.01. The van der Waals surface area contributed by atoms with Gasteiger partial charge in [0.05, 0.1) is 23.5 Å². The van der Waals surface area contributed by atoms with Crippen molar-refractivity contribution < 1.29 is 14.1 Å². The predicted molar refractivity (Wildman–Crippen MR) is 114 cm³/mol. The maximum Gasteiger partial charge on any atom is 0.259 e. The Hall–Kier alpha value is -2.91. The van der Waals surface area contributed by atoms with Crippen molar-refractivity contribution in [3.63, 3.8) is 0 Å². The van der Waals surface area contributed by atoms with E-state index in [9.17, 15) is 4.79 Å². The molecule has 8 nitrogen and oxygen atoms in total. The van der Waals surface area contributed by atoms with Gasteiger partial charge in [-0.1, -0.05) is 16.9 Å². The van der Waals surface area contributed by atoms with Crippen molar-refractivity contribution in [1.82, 2.24) is 24.9 Å². The second-order valence-electron chi connectivity index (χ2n) is 7.01. The summed E-state index contributed by atoms with van der Waals surface area (Å²) < 4.78 is 10.5. The Bertz CT molecular complexity index is 983. The zero-order valence-electron chi connectivity index (χ0n) is 16.9. The van der Waals surface area contributed by atoms with Gasteiger partial charge in [0.2, 0.25) is 11.7 Å². The Labute approximate surface area is 179 Å². The number of methoxy groups -OCH3 is 1. The van der Waals surface area contributed by atoms with Gasteiger partial charge in [-0.15, -0.1) is 0 Å². The fourth-order valence-electron chi connectivity index (χ4n) is 3.07. The Kier molecular flexibility index (Phi) is 6.29. The molecule has 156 valence electrons. The highest BCUT2D eigenvalue weighted by atomic mass is 32.2. The molecule has 1 saturated heterocycles. The third-order valence-electron chi connectivity index (χ3n) is 4.96. The van der Waals surface area contributed by atoms with Gasteiger partial charge < -0.3 is 19.1 Å². The molecule has 3 heterocycles. The van der Waals surface area contributed by atoms with Crippen LogP contribution >= 0.6 is 11.8 Å². The summed E-state index contributed by atoms with van der Waals surface area (Å²) >= 11 is 1.44. The van der Waals surface area contributed by atoms with Crippen LogP contribution in [0, 0.1) is 0 Å². The van der Waals surface area contributed by atoms with Crippen LogP contribution in [0.4, 0.5) is 0 Å². The first-order chi connectivity index (χ1) is 14.6. The average Bonchev–Trinajstić information content (AvgIpc) is 3.29. The molecule has 3 aromatic rings. The van der Waals surface area contributed by atoms with Crippen LogP contribution in [0.15, 0.2) is 52.1 Å². The molecule has 0 radical (unpaired) electrons. The molecule has 0 atom stereocenters. The van der Waals surface area contributed by atoms with Gasteiger partial charge in [0.25, 0.3) is 5.89 Å². The number of nitrogens with zero attached hydrogens (tertiary/aromatic N) is 5. The van der Waals surface area contributed by atoms with Crippen molar-refractivity contribution in [2.24, 2.45) is 0 Å². The minimum Gasteiger partial charge on any atom is -0.497 e. The molecule has 0 bridgehead atoms. The van der Waals surface area contributed by atoms with Crippen molar-refractivity contribution in [2.75, 3.05) is 46.1 Å². The highest BCUT2D eigenvalue weighted by Gasteiger charge is 2.19. The Morgan fingerprint density at radius 1 is 1.10 bits per heavy atom. The molecule has 2 aromatic heterocycles. The lowest BCUT2D eigenvalue weighted by Gasteiger charge is -2.32. The smallest absolute Gasteiger partial charge is 0.259 e. The van der Waals surface area contributed by atoms with E-state index in [2.05, 4.69) is 27.1 Å². The molecular formula is C21H23N5O3S. The summed E-state index contributed by atoms with van der Waals surface area (Å²) in [5, 5.41) is 4.83. The monoisotopic (exact) mass is 425 g/mol. The topological polar surface area (TPSA) is 84.6 Å². The number of likely N-dealkylation sites (N-methyl/N-ethyl adjacent to an activating group) is 1. The van der Waals surface area contributed by atoms with E-state index in [1.54, 1.807) is 13.3 Å². The van der Waals surface area contributed by atoms with E-state index in [4.69, 9.17) is 9.26 Å². The van der Waals surface area contributed by atoms with Gasteiger partial charge in [-0.05, 0) is 43.4 Å². The number of ether oxygens (including phenoxy) is 1. The standard InChI is InChI=1S/C21H23N5O3S/c1-25-9-11-26(12-10-25)19(27)14-30-18-8-5-16(13-22-18)21-23-20(24-29-21)15-3-6-17(28-2)7-4-15/h3-8,13H,9-12,14H2,1-2H3. The summed E-state index contributed by atoms with van der Waals surface area (Å²) in [6.07, 6.45) is 1.69. The number of rotatable bonds is 6. The third kappa shape index (κ3) is 4.80. The number of thioether (sulfide) groups is 1. The second kappa shape index (κ2) is 9.27. The van der Waals surface area contributed by atoms with Crippen molar-refractivity contribution in [1.29, 1.82) is 0 Å². The Morgan fingerprint density at radius 3 is 2.50 bits per heavy atom. The van der Waals surface area contributed by atoms with Crippen molar-refractivity contribution in [2.45, 2.75) is 5.03 Å². The number of carbonyl (C=O) groups excluding carboxylic acids is 1. The van der Waals surface area contributed by atoms with Gasteiger partial charge in [0.15, 0.2) is 0 Å². The molecule has 1 aliphatic heterocycles. The summed E-state index contributed by atoms with van der Waals surface area (Å²) in [6.45, 7) is 3.42. The number of hydrogen-bond donors (Lipinski definition) is 0. The van der Waals surface area contributed by atoms with Crippen LogP contribution in [-0.4, -0.2) is 76.9 Å². The number of benzene rings is 1. The first-order valence-electron chi connectivity index (χ1n) is 9.66. The normalized spacial score (nSPS) is 14.7. The quantitative estimate of drug-likeness (QED) is 0.558. The number of carbonyl (C=O) groups is 1. The van der Waals surface area contributed by atoms with Gasteiger partial charge in [0.1, 0.15) is 5.75 Å². The van der Waals surface area contributed by atoms with Crippen LogP contribution in [0.1, 0.15) is 0 Å². The van der Waals surface area contributed by atoms with Crippen molar-refractivity contribution in [3.05, 3.63) is 42.6 Å². The lowest BCUT2D eigenvalue weighted by atomic mass is 10.2. The van der Waals surface area contributed by atoms with Gasteiger partial charge in [-0.2, -0.15) is 4.98 Å². The lowest BCUT2D eigenvalue weighted by Crippen LogP contribution is -2.47. The van der Waals surface area contributed by atoms with Crippen molar-refractivity contribution >= 4 is 17.7 Å². The Morgan fingerprint density at radius 2 is 1.83 bits per heavy atom. The van der Waals surface area contributed by atoms with Crippen LogP contribution in [0.5, 0.6) is 5.75 Å². The fraction of sp³-hybridized carbons (Fsp3) is 0.333. The van der Waals surface area contributed by atoms with E-state index in [-0.39, 0.29) is 5.91 Å². The molecule has 4 rings (SSSR count). The largest absolute Gasteiger partial charge is 0.497 e. The molecule has 1 aromatic carbocycles. The highest BCUT2D eigenvalue weighted by Crippen LogP contribution is 2.25. The van der Waals surface area contributed by atoms with Crippen LogP contribution < -0.4 is 4.74 Å². The first kappa shape index (κ1) is 20.4. The first-order valence-corrected chi connectivity index (χ1v) is 10.6. The molecule has 1 aliphatic rings. The number of aromatic nitrogens is 3. The lowest BCUT2D eigenvalue weighted by molar-refractivity contribution is -0.129. The molecule has 1 fully saturated rings. The van der Waals surface area contributed by atoms with E-state index in [0.29, 0.717) is 17.5 Å². The molecule has 30 heavy (non-hydrogen) atoms. The summed E-state index contributed by atoms with van der Waals surface area (Å²) in [6, 6.07) is 11.2. The van der Waals surface area contributed by atoms with Gasteiger partial charge in [-0.25, -0.2) is 4.98 Å². The molecule has 0 unspecified atom stereocenters. The van der Waals surface area contributed by atoms with E-state index >= 15 is 0 Å². The number of pyridine rings is 1. The predicted octanol–water partition coefficient (Wildman–Crippen LogP) is 2.67. The minimum absolute atomic E-state index is 0.153. The van der Waals surface area contributed by atoms with E-state index < -0.39 is 0 Å². The van der Waals surface area contributed by atoms with E-state index in [1.165, 1.54) is 11.8 Å². The van der Waals surface area contributed by atoms with Gasteiger partial charge in [0, 0.05) is 37.9 Å². The number of piperazine rings is 1. The van der Waals surface area contributed by atoms with Crippen LogP contribution in [0.25, 0.3) is 22.8 Å². The molecule has 9 heteroatoms. The highest BCUT2D eigenvalue weighted by molar-refractivity contribution is 7.99. The Balaban J connectivity index is 1.35. The zero-order chi connectivity index (χ0) is 20.9. The summed E-state index contributed by atoms with van der Waals surface area (Å²) in [5.74, 6) is 2.21. The summed E-state index contributed by atoms with van der Waals surface area (Å²) in [4.78, 5) is 25.4. The maximum absolute atomic E-state index is 12.4. The summed E-state index contributed by atoms with van der Waals surface area (Å²) in [7, 11) is 3.70. The number of hydrogen-bond acceptors (Lipinski definition) is 8. The van der Waals surface area contributed by atoms with E-state index in [1.807, 2.05) is 41.3 Å². The molecule has 0 aliphatic carbocycles. The van der Waals surface area contributed by atoms with Crippen LogP contribution in [-0.2, 0) is 4.79 Å². The fourth-order valence-corrected chi connectivity index (χ4v) is 3.82.